The Labute approximate surface area is 122 Å². The molecule has 96 valence electrons. The fourth-order valence-electron chi connectivity index (χ4n) is 1.66. The molecule has 6 heteroatoms. The van der Waals surface area contributed by atoms with Gasteiger partial charge in [0.05, 0.1) is 33.8 Å². The lowest BCUT2D eigenvalue weighted by molar-refractivity contribution is 0.621. The Morgan fingerprint density at radius 2 is 2.21 bits per heavy atom. The summed E-state index contributed by atoms with van der Waals surface area (Å²) in [5.41, 5.74) is 1.28. The van der Waals surface area contributed by atoms with Gasteiger partial charge >= 0.3 is 0 Å². The predicted molar refractivity (Wildman–Crippen MR) is 76.2 cm³/mol. The summed E-state index contributed by atoms with van der Waals surface area (Å²) in [4.78, 5) is 16.1. The van der Waals surface area contributed by atoms with Crippen molar-refractivity contribution in [1.82, 2.24) is 9.55 Å². The molecule has 4 nitrogen and oxygen atoms in total. The summed E-state index contributed by atoms with van der Waals surface area (Å²) in [5.74, 6) is -0.489. The highest BCUT2D eigenvalue weighted by Gasteiger charge is 2.07. The molecule has 0 aliphatic carbocycles. The van der Waals surface area contributed by atoms with Gasteiger partial charge in [0.15, 0.2) is 0 Å². The van der Waals surface area contributed by atoms with Crippen molar-refractivity contribution in [3.63, 3.8) is 0 Å². The average Bonchev–Trinajstić information content (AvgIpc) is 2.39. The third kappa shape index (κ3) is 2.98. The van der Waals surface area contributed by atoms with Gasteiger partial charge < -0.3 is 0 Å². The molecular weight excluding hydrogens is 360 g/mol. The zero-order valence-electron chi connectivity index (χ0n) is 10.0. The lowest BCUT2D eigenvalue weighted by Crippen LogP contribution is -2.24. The number of hydrogen-bond donors (Lipinski definition) is 0. The van der Waals surface area contributed by atoms with Gasteiger partial charge in [0.1, 0.15) is 5.82 Å². The van der Waals surface area contributed by atoms with E-state index in [0.29, 0.717) is 14.8 Å². The second-order valence-electron chi connectivity index (χ2n) is 4.04. The Morgan fingerprint density at radius 1 is 1.47 bits per heavy atom. The lowest BCUT2D eigenvalue weighted by atomic mass is 10.1. The largest absolute Gasteiger partial charge is 0.294 e. The van der Waals surface area contributed by atoms with E-state index in [1.807, 2.05) is 28.7 Å². The van der Waals surface area contributed by atoms with E-state index in [4.69, 9.17) is 5.26 Å². The van der Waals surface area contributed by atoms with Crippen LogP contribution in [0.15, 0.2) is 29.3 Å². The maximum atomic E-state index is 13.3. The number of aryl methyl sites for hydroxylation is 1. The summed E-state index contributed by atoms with van der Waals surface area (Å²) in [5, 5.41) is 8.79. The Morgan fingerprint density at radius 3 is 2.89 bits per heavy atom. The summed E-state index contributed by atoms with van der Waals surface area (Å²) < 4.78 is 15.2. The zero-order valence-corrected chi connectivity index (χ0v) is 12.2. The van der Waals surface area contributed by atoms with Crippen molar-refractivity contribution in [3.8, 4) is 6.07 Å². The molecule has 1 aromatic heterocycles. The Bertz CT molecular complexity index is 734. The zero-order chi connectivity index (χ0) is 14.0. The lowest BCUT2D eigenvalue weighted by Gasteiger charge is -2.07. The van der Waals surface area contributed by atoms with E-state index in [2.05, 4.69) is 4.98 Å². The molecule has 0 saturated carbocycles. The average molecular weight is 369 g/mol. The van der Waals surface area contributed by atoms with Crippen molar-refractivity contribution in [2.24, 2.45) is 0 Å². The fraction of sp³-hybridized carbons (Fsp3) is 0.154. The smallest absolute Gasteiger partial charge is 0.267 e. The molecule has 0 radical (unpaired) electrons. The van der Waals surface area contributed by atoms with E-state index in [1.54, 1.807) is 13.0 Å². The molecule has 0 N–H and O–H groups in total. The van der Waals surface area contributed by atoms with Crippen LogP contribution in [0.2, 0.25) is 0 Å². The van der Waals surface area contributed by atoms with Gasteiger partial charge in [0.2, 0.25) is 0 Å². The molecule has 2 aromatic rings. The molecule has 0 atom stereocenters. The first-order valence-electron chi connectivity index (χ1n) is 5.42. The van der Waals surface area contributed by atoms with Gasteiger partial charge in [-0.3, -0.25) is 9.36 Å². The molecule has 0 fully saturated rings. The van der Waals surface area contributed by atoms with Gasteiger partial charge in [-0.1, -0.05) is 0 Å². The summed E-state index contributed by atoms with van der Waals surface area (Å²) in [6.45, 7) is 1.94. The third-order valence-electron chi connectivity index (χ3n) is 2.60. The quantitative estimate of drug-likeness (QED) is 0.763. The highest BCUT2D eigenvalue weighted by molar-refractivity contribution is 14.1. The topological polar surface area (TPSA) is 58.7 Å². The first kappa shape index (κ1) is 13.7. The molecule has 0 bridgehead atoms. The van der Waals surface area contributed by atoms with Crippen LogP contribution < -0.4 is 5.56 Å². The monoisotopic (exact) mass is 369 g/mol. The SMILES string of the molecule is Cc1ncn(Cc2cc(F)cc(C#N)c2)c(=O)c1I. The maximum Gasteiger partial charge on any atom is 0.267 e. The summed E-state index contributed by atoms with van der Waals surface area (Å²) in [6, 6.07) is 5.90. The van der Waals surface area contributed by atoms with Crippen LogP contribution >= 0.6 is 22.6 Å². The number of rotatable bonds is 2. The standard InChI is InChI=1S/C13H9FIN3O/c1-8-12(15)13(19)18(7-17-8)6-10-2-9(5-16)3-11(14)4-10/h2-4,7H,6H2,1H3. The Balaban J connectivity index is 2.43. The highest BCUT2D eigenvalue weighted by atomic mass is 127. The van der Waals surface area contributed by atoms with Gasteiger partial charge in [-0.25, -0.2) is 9.37 Å². The molecule has 1 aromatic carbocycles. The van der Waals surface area contributed by atoms with Gasteiger partial charge in [-0.15, -0.1) is 0 Å². The van der Waals surface area contributed by atoms with Crippen LogP contribution in [0.3, 0.4) is 0 Å². The predicted octanol–water partition coefficient (Wildman–Crippen LogP) is 2.22. The number of nitrogens with zero attached hydrogens (tertiary/aromatic N) is 3. The Kier molecular flexibility index (Phi) is 3.95. The van der Waals surface area contributed by atoms with Crippen molar-refractivity contribution < 1.29 is 4.39 Å². The van der Waals surface area contributed by atoms with Crippen molar-refractivity contribution >= 4 is 22.6 Å². The van der Waals surface area contributed by atoms with E-state index in [-0.39, 0.29) is 17.7 Å². The number of benzene rings is 1. The van der Waals surface area contributed by atoms with Gasteiger partial charge in [0.25, 0.3) is 5.56 Å². The van der Waals surface area contributed by atoms with Crippen LogP contribution in [0.25, 0.3) is 0 Å². The molecular formula is C13H9FIN3O. The molecule has 19 heavy (non-hydrogen) atoms. The molecule has 1 heterocycles. The molecule has 0 saturated heterocycles. The molecule has 0 spiro atoms. The van der Waals surface area contributed by atoms with Gasteiger partial charge in [-0.2, -0.15) is 5.26 Å². The normalized spacial score (nSPS) is 10.2. The van der Waals surface area contributed by atoms with Crippen molar-refractivity contribution in [2.75, 3.05) is 0 Å². The molecule has 0 aliphatic rings. The van der Waals surface area contributed by atoms with E-state index in [1.165, 1.54) is 17.0 Å². The van der Waals surface area contributed by atoms with Crippen LogP contribution in [-0.4, -0.2) is 9.55 Å². The van der Waals surface area contributed by atoms with E-state index < -0.39 is 5.82 Å². The maximum absolute atomic E-state index is 13.3. The van der Waals surface area contributed by atoms with Crippen LogP contribution in [-0.2, 0) is 6.54 Å². The Hall–Kier alpha value is -1.75. The first-order valence-corrected chi connectivity index (χ1v) is 6.50. The second-order valence-corrected chi connectivity index (χ2v) is 5.12. The van der Waals surface area contributed by atoms with Crippen molar-refractivity contribution in [2.45, 2.75) is 13.5 Å². The molecule has 0 amide bonds. The minimum atomic E-state index is -0.489. The molecule has 0 unspecified atom stereocenters. The van der Waals surface area contributed by atoms with E-state index >= 15 is 0 Å². The van der Waals surface area contributed by atoms with Gasteiger partial charge in [-0.05, 0) is 53.3 Å². The minimum Gasteiger partial charge on any atom is -0.294 e. The van der Waals surface area contributed by atoms with Gasteiger partial charge in [0, 0.05) is 0 Å². The number of halogens is 2. The first-order chi connectivity index (χ1) is 9.01. The summed E-state index contributed by atoms with van der Waals surface area (Å²) in [6.07, 6.45) is 1.43. The summed E-state index contributed by atoms with van der Waals surface area (Å²) >= 11 is 1.94. The van der Waals surface area contributed by atoms with Crippen molar-refractivity contribution in [3.05, 3.63) is 61.1 Å². The fourth-order valence-corrected chi connectivity index (χ4v) is 2.11. The van der Waals surface area contributed by atoms with Crippen LogP contribution in [0, 0.1) is 27.6 Å². The minimum absolute atomic E-state index is 0.170. The van der Waals surface area contributed by atoms with E-state index in [9.17, 15) is 9.18 Å². The second kappa shape index (κ2) is 5.48. The van der Waals surface area contributed by atoms with Crippen LogP contribution in [0.4, 0.5) is 4.39 Å². The third-order valence-corrected chi connectivity index (χ3v) is 3.84. The van der Waals surface area contributed by atoms with E-state index in [0.717, 1.165) is 6.07 Å². The van der Waals surface area contributed by atoms with Crippen LogP contribution in [0.1, 0.15) is 16.8 Å². The summed E-state index contributed by atoms with van der Waals surface area (Å²) in [7, 11) is 0. The molecule has 0 aliphatic heterocycles. The number of nitriles is 1. The van der Waals surface area contributed by atoms with Crippen LogP contribution in [0.5, 0.6) is 0 Å². The van der Waals surface area contributed by atoms with Crippen molar-refractivity contribution in [1.29, 1.82) is 5.26 Å². The number of aromatic nitrogens is 2. The molecule has 2 rings (SSSR count). The number of hydrogen-bond acceptors (Lipinski definition) is 3. The highest BCUT2D eigenvalue weighted by Crippen LogP contribution is 2.10.